The molecule has 1 aliphatic rings. The van der Waals surface area contributed by atoms with Crippen LogP contribution in [0.5, 0.6) is 11.5 Å². The summed E-state index contributed by atoms with van der Waals surface area (Å²) in [6.45, 7) is 3.28. The van der Waals surface area contributed by atoms with Gasteiger partial charge in [-0.05, 0) is 43.8 Å². The number of aromatic hydroxyl groups is 1. The predicted molar refractivity (Wildman–Crippen MR) is 84.7 cm³/mol. The molecular weight excluding hydrogens is 312 g/mol. The Morgan fingerprint density at radius 3 is 2.71 bits per heavy atom. The molecule has 0 aromatic heterocycles. The zero-order chi connectivity index (χ0) is 15.7. The molecule has 0 spiro atoms. The molecule has 0 saturated heterocycles. The molecule has 0 aliphatic carbocycles. The number of allylic oxidation sites excluding steroid dienone is 1. The summed E-state index contributed by atoms with van der Waals surface area (Å²) in [5, 5.41) is 16.3. The van der Waals surface area contributed by atoms with Crippen molar-refractivity contribution in [3.63, 3.8) is 0 Å². The van der Waals surface area contributed by atoms with Gasteiger partial charge in [-0.3, -0.25) is 4.79 Å². The molecule has 1 aliphatic heterocycles. The fourth-order valence-electron chi connectivity index (χ4n) is 2.33. The van der Waals surface area contributed by atoms with Crippen molar-refractivity contribution in [3.8, 4) is 11.5 Å². The number of halogens is 1. The van der Waals surface area contributed by atoms with E-state index < -0.39 is 6.04 Å². The highest BCUT2D eigenvalue weighted by molar-refractivity contribution is 7.80. The van der Waals surface area contributed by atoms with Crippen LogP contribution in [0.25, 0.3) is 0 Å². The average Bonchev–Trinajstić information content (AvgIpc) is 2.40. The molecule has 0 radical (unpaired) electrons. The highest BCUT2D eigenvalue weighted by atomic mass is 35.5. The van der Waals surface area contributed by atoms with E-state index in [1.165, 1.54) is 14.0 Å². The number of phenols is 1. The number of ether oxygens (including phenoxy) is 1. The van der Waals surface area contributed by atoms with Crippen LogP contribution >= 0.6 is 23.8 Å². The molecule has 1 aromatic carbocycles. The molecule has 21 heavy (non-hydrogen) atoms. The number of Topliss-reactive ketones (excluding diaryl/α,β-unsaturated/α-hetero) is 1. The monoisotopic (exact) mass is 326 g/mol. The lowest BCUT2D eigenvalue weighted by molar-refractivity contribution is -0.114. The first kappa shape index (κ1) is 15.6. The number of carbonyl (C=O) groups is 1. The van der Waals surface area contributed by atoms with Crippen LogP contribution in [0.15, 0.2) is 23.4 Å². The number of hydrogen-bond acceptors (Lipinski definition) is 4. The first-order valence-electron chi connectivity index (χ1n) is 6.20. The van der Waals surface area contributed by atoms with Crippen molar-refractivity contribution in [3.05, 3.63) is 34.0 Å². The molecule has 112 valence electrons. The van der Waals surface area contributed by atoms with E-state index in [2.05, 4.69) is 10.6 Å². The molecule has 2 rings (SSSR count). The Hall–Kier alpha value is -1.79. The zero-order valence-electron chi connectivity index (χ0n) is 11.8. The summed E-state index contributed by atoms with van der Waals surface area (Å²) in [6.07, 6.45) is 0. The number of rotatable bonds is 3. The summed E-state index contributed by atoms with van der Waals surface area (Å²) in [7, 11) is 1.43. The number of hydrogen-bond donors (Lipinski definition) is 3. The summed E-state index contributed by atoms with van der Waals surface area (Å²) >= 11 is 11.1. The largest absolute Gasteiger partial charge is 0.503 e. The van der Waals surface area contributed by atoms with Crippen LogP contribution in [-0.4, -0.2) is 23.1 Å². The number of ketones is 1. The molecule has 7 heteroatoms. The van der Waals surface area contributed by atoms with Gasteiger partial charge in [0.25, 0.3) is 0 Å². The van der Waals surface area contributed by atoms with Crippen molar-refractivity contribution >= 4 is 34.7 Å². The standard InChI is InChI=1S/C14H15ClN2O3S/c1-6-11(7(2)18)12(17-14(21)16-6)8-4-9(15)13(19)10(5-8)20-3/h4-5,12,19H,1-3H3,(H2,16,17,21)/t12-/m1/s1. The second-order valence-corrected chi connectivity index (χ2v) is 5.50. The van der Waals surface area contributed by atoms with Gasteiger partial charge in [-0.2, -0.15) is 0 Å². The Bertz CT molecular complexity index is 658. The van der Waals surface area contributed by atoms with Crippen molar-refractivity contribution in [1.29, 1.82) is 0 Å². The van der Waals surface area contributed by atoms with Gasteiger partial charge in [-0.25, -0.2) is 0 Å². The van der Waals surface area contributed by atoms with Gasteiger partial charge in [0.1, 0.15) is 0 Å². The smallest absolute Gasteiger partial charge is 0.176 e. The molecule has 1 atom stereocenters. The van der Waals surface area contributed by atoms with Crippen LogP contribution in [0.2, 0.25) is 5.02 Å². The molecule has 0 bridgehead atoms. The fraction of sp³-hybridized carbons (Fsp3) is 0.286. The van der Waals surface area contributed by atoms with Crippen LogP contribution in [0.1, 0.15) is 25.5 Å². The van der Waals surface area contributed by atoms with Crippen molar-refractivity contribution in [2.75, 3.05) is 7.11 Å². The van der Waals surface area contributed by atoms with E-state index in [9.17, 15) is 9.90 Å². The Balaban J connectivity index is 2.58. The summed E-state index contributed by atoms with van der Waals surface area (Å²) in [6, 6.07) is 2.77. The van der Waals surface area contributed by atoms with Gasteiger partial charge in [-0.15, -0.1) is 0 Å². The highest BCUT2D eigenvalue weighted by Gasteiger charge is 2.28. The molecule has 3 N–H and O–H groups in total. The summed E-state index contributed by atoms with van der Waals surface area (Å²) in [5.74, 6) is 0.0250. The van der Waals surface area contributed by atoms with Gasteiger partial charge in [0.05, 0.1) is 18.2 Å². The minimum atomic E-state index is -0.441. The fourth-order valence-corrected chi connectivity index (χ4v) is 2.82. The Morgan fingerprint density at radius 1 is 1.48 bits per heavy atom. The number of nitrogens with one attached hydrogen (secondary N) is 2. The quantitative estimate of drug-likeness (QED) is 0.741. The molecule has 1 heterocycles. The van der Waals surface area contributed by atoms with Crippen molar-refractivity contribution in [1.82, 2.24) is 10.6 Å². The number of methoxy groups -OCH3 is 1. The van der Waals surface area contributed by atoms with E-state index in [1.807, 2.05) is 0 Å². The summed E-state index contributed by atoms with van der Waals surface area (Å²) < 4.78 is 5.09. The van der Waals surface area contributed by atoms with Crippen LogP contribution in [0, 0.1) is 0 Å². The van der Waals surface area contributed by atoms with Gasteiger partial charge >= 0.3 is 0 Å². The van der Waals surface area contributed by atoms with Gasteiger partial charge < -0.3 is 20.5 Å². The van der Waals surface area contributed by atoms with Crippen LogP contribution in [0.3, 0.4) is 0 Å². The normalized spacial score (nSPS) is 18.1. The van der Waals surface area contributed by atoms with Crippen molar-refractivity contribution in [2.24, 2.45) is 0 Å². The molecule has 1 aromatic rings. The number of carbonyl (C=O) groups excluding carboxylic acids is 1. The number of phenolic OH excluding ortho intramolecular Hbond substituents is 1. The lowest BCUT2D eigenvalue weighted by Crippen LogP contribution is -2.44. The van der Waals surface area contributed by atoms with E-state index >= 15 is 0 Å². The first-order chi connectivity index (χ1) is 9.85. The average molecular weight is 327 g/mol. The second kappa shape index (κ2) is 5.91. The molecular formula is C14H15ClN2O3S. The Labute approximate surface area is 132 Å². The molecule has 5 nitrogen and oxygen atoms in total. The van der Waals surface area contributed by atoms with Crippen LogP contribution < -0.4 is 15.4 Å². The first-order valence-corrected chi connectivity index (χ1v) is 6.99. The van der Waals surface area contributed by atoms with Crippen molar-refractivity contribution in [2.45, 2.75) is 19.9 Å². The summed E-state index contributed by atoms with van der Waals surface area (Å²) in [5.41, 5.74) is 1.94. The highest BCUT2D eigenvalue weighted by Crippen LogP contribution is 2.39. The molecule has 0 saturated carbocycles. The van der Waals surface area contributed by atoms with E-state index in [1.54, 1.807) is 19.1 Å². The topological polar surface area (TPSA) is 70.6 Å². The lowest BCUT2D eigenvalue weighted by Gasteiger charge is -2.30. The number of thiocarbonyl (C=S) groups is 1. The number of benzene rings is 1. The zero-order valence-corrected chi connectivity index (χ0v) is 13.4. The molecule has 0 amide bonds. The van der Waals surface area contributed by atoms with Gasteiger partial charge in [0.15, 0.2) is 22.4 Å². The predicted octanol–water partition coefficient (Wildman–Crippen LogP) is 2.44. The van der Waals surface area contributed by atoms with Gasteiger partial charge in [0.2, 0.25) is 0 Å². The van der Waals surface area contributed by atoms with Crippen LogP contribution in [0.4, 0.5) is 0 Å². The third-order valence-corrected chi connectivity index (χ3v) is 3.76. The van der Waals surface area contributed by atoms with Crippen molar-refractivity contribution < 1.29 is 14.6 Å². The minimum absolute atomic E-state index is 0.0804. The second-order valence-electron chi connectivity index (χ2n) is 4.68. The maximum atomic E-state index is 11.9. The molecule has 0 fully saturated rings. The minimum Gasteiger partial charge on any atom is -0.503 e. The maximum absolute atomic E-state index is 11.9. The molecule has 0 unspecified atom stereocenters. The van der Waals surface area contributed by atoms with Gasteiger partial charge in [-0.1, -0.05) is 11.6 Å². The maximum Gasteiger partial charge on any atom is 0.176 e. The summed E-state index contributed by atoms with van der Waals surface area (Å²) in [4.78, 5) is 11.9. The third-order valence-electron chi connectivity index (χ3n) is 3.25. The van der Waals surface area contributed by atoms with Gasteiger partial charge in [0, 0.05) is 11.3 Å². The van der Waals surface area contributed by atoms with E-state index in [4.69, 9.17) is 28.6 Å². The van der Waals surface area contributed by atoms with Crippen LogP contribution in [-0.2, 0) is 4.79 Å². The van der Waals surface area contributed by atoms with E-state index in [0.29, 0.717) is 21.9 Å². The lowest BCUT2D eigenvalue weighted by atomic mass is 9.93. The Morgan fingerprint density at radius 2 is 2.14 bits per heavy atom. The SMILES string of the molecule is COc1cc([C@H]2NC(=S)NC(C)=C2C(C)=O)cc(Cl)c1O. The van der Waals surface area contributed by atoms with E-state index in [-0.39, 0.29) is 22.3 Å². The third kappa shape index (κ3) is 2.96. The Kier molecular flexibility index (Phi) is 4.39. The van der Waals surface area contributed by atoms with E-state index in [0.717, 1.165) is 0 Å².